The van der Waals surface area contributed by atoms with Crippen LogP contribution < -0.4 is 11.1 Å². The molecule has 0 saturated carbocycles. The van der Waals surface area contributed by atoms with Crippen molar-refractivity contribution in [3.8, 4) is 0 Å². The number of thiophene rings is 1. The lowest BCUT2D eigenvalue weighted by atomic mass is 10.1. The van der Waals surface area contributed by atoms with Crippen molar-refractivity contribution in [2.45, 2.75) is 25.9 Å². The third-order valence-corrected chi connectivity index (χ3v) is 3.13. The van der Waals surface area contributed by atoms with Crippen LogP contribution in [0.3, 0.4) is 0 Å². The van der Waals surface area contributed by atoms with Crippen LogP contribution >= 0.6 is 27.3 Å². The topological polar surface area (TPSA) is 38.0 Å². The molecule has 0 saturated heterocycles. The van der Waals surface area contributed by atoms with Gasteiger partial charge in [0.15, 0.2) is 0 Å². The Hall–Kier alpha value is 0.1000. The Labute approximate surface area is 91.7 Å². The summed E-state index contributed by atoms with van der Waals surface area (Å²) in [5.41, 5.74) is 5.71. The summed E-state index contributed by atoms with van der Waals surface area (Å²) in [6.45, 7) is 5.77. The maximum Gasteiger partial charge on any atom is 0.0701 e. The lowest BCUT2D eigenvalue weighted by molar-refractivity contribution is 0.468. The van der Waals surface area contributed by atoms with Crippen molar-refractivity contribution in [3.63, 3.8) is 0 Å². The Bertz CT molecular complexity index is 265. The average molecular weight is 263 g/mol. The minimum Gasteiger partial charge on any atom is -0.324 e. The highest BCUT2D eigenvalue weighted by Gasteiger charge is 2.09. The van der Waals surface area contributed by atoms with Gasteiger partial charge < -0.3 is 11.1 Å². The quantitative estimate of drug-likeness (QED) is 0.875. The van der Waals surface area contributed by atoms with Crippen LogP contribution in [0.25, 0.3) is 0 Å². The molecule has 0 radical (unpaired) electrons. The molecule has 0 fully saturated rings. The van der Waals surface area contributed by atoms with Gasteiger partial charge in [0.2, 0.25) is 0 Å². The summed E-state index contributed by atoms with van der Waals surface area (Å²) in [5, 5.41) is 3.32. The van der Waals surface area contributed by atoms with Crippen LogP contribution in [-0.4, -0.2) is 12.1 Å². The second-order valence-corrected chi connectivity index (χ2v) is 6.35. The molecule has 0 aromatic carbocycles. The summed E-state index contributed by atoms with van der Waals surface area (Å²) in [4.78, 5) is 1.33. The third kappa shape index (κ3) is 4.76. The molecule has 0 bridgehead atoms. The molecule has 1 rings (SSSR count). The van der Waals surface area contributed by atoms with Gasteiger partial charge in [-0.25, -0.2) is 0 Å². The molecule has 0 spiro atoms. The highest BCUT2D eigenvalue weighted by Crippen LogP contribution is 2.21. The van der Waals surface area contributed by atoms with Gasteiger partial charge in [0.05, 0.1) is 3.79 Å². The maximum absolute atomic E-state index is 5.84. The minimum absolute atomic E-state index is 0.130. The van der Waals surface area contributed by atoms with Crippen molar-refractivity contribution in [2.75, 3.05) is 6.54 Å². The fraction of sp³-hybridized carbons (Fsp3) is 0.556. The number of rotatable bonds is 4. The lowest BCUT2D eigenvalue weighted by Gasteiger charge is -2.18. The Kier molecular flexibility index (Phi) is 3.91. The summed E-state index contributed by atoms with van der Waals surface area (Å²) in [5.74, 6) is 0. The molecule has 13 heavy (non-hydrogen) atoms. The van der Waals surface area contributed by atoms with E-state index in [0.717, 1.165) is 13.1 Å². The van der Waals surface area contributed by atoms with Gasteiger partial charge in [-0.15, -0.1) is 11.3 Å². The highest BCUT2D eigenvalue weighted by atomic mass is 79.9. The predicted octanol–water partition coefficient (Wildman–Crippen LogP) is 2.34. The zero-order chi connectivity index (χ0) is 9.90. The summed E-state index contributed by atoms with van der Waals surface area (Å²) in [7, 11) is 0. The molecule has 0 atom stereocenters. The van der Waals surface area contributed by atoms with E-state index in [1.54, 1.807) is 11.3 Å². The first-order chi connectivity index (χ1) is 5.97. The van der Waals surface area contributed by atoms with Gasteiger partial charge in [-0.1, -0.05) is 0 Å². The number of halogens is 1. The Morgan fingerprint density at radius 2 is 2.23 bits per heavy atom. The molecule has 1 heterocycles. The van der Waals surface area contributed by atoms with Gasteiger partial charge in [-0.2, -0.15) is 0 Å². The molecule has 1 aromatic rings. The summed E-state index contributed by atoms with van der Waals surface area (Å²) in [6, 6.07) is 4.18. The molecule has 0 aliphatic heterocycles. The van der Waals surface area contributed by atoms with Gasteiger partial charge >= 0.3 is 0 Å². The Balaban J connectivity index is 2.28. The number of hydrogen-bond donors (Lipinski definition) is 2. The molecular formula is C9H15BrN2S. The van der Waals surface area contributed by atoms with Gasteiger partial charge in [0, 0.05) is 23.5 Å². The van der Waals surface area contributed by atoms with Crippen molar-refractivity contribution in [1.82, 2.24) is 5.32 Å². The Morgan fingerprint density at radius 1 is 1.54 bits per heavy atom. The van der Waals surface area contributed by atoms with Crippen LogP contribution in [0.5, 0.6) is 0 Å². The lowest BCUT2D eigenvalue weighted by Crippen LogP contribution is -2.42. The summed E-state index contributed by atoms with van der Waals surface area (Å²) >= 11 is 5.18. The van der Waals surface area contributed by atoms with E-state index < -0.39 is 0 Å². The van der Waals surface area contributed by atoms with E-state index in [2.05, 4.69) is 33.4 Å². The van der Waals surface area contributed by atoms with Crippen LogP contribution in [0.1, 0.15) is 18.7 Å². The van der Waals surface area contributed by atoms with E-state index in [1.165, 1.54) is 8.66 Å². The van der Waals surface area contributed by atoms with E-state index in [1.807, 2.05) is 13.8 Å². The fourth-order valence-corrected chi connectivity index (χ4v) is 2.41. The standard InChI is InChI=1S/C9H15BrN2S/c1-9(2,11)6-12-5-7-3-4-8(10)13-7/h3-4,12H,5-6,11H2,1-2H3. The molecule has 0 aliphatic rings. The molecule has 0 aliphatic carbocycles. The number of hydrogen-bond acceptors (Lipinski definition) is 3. The van der Waals surface area contributed by atoms with Gasteiger partial charge in [-0.3, -0.25) is 0 Å². The zero-order valence-corrected chi connectivity index (χ0v) is 10.3. The molecule has 0 amide bonds. The smallest absolute Gasteiger partial charge is 0.0701 e. The van der Waals surface area contributed by atoms with Crippen LogP contribution in [0.2, 0.25) is 0 Å². The molecular weight excluding hydrogens is 248 g/mol. The van der Waals surface area contributed by atoms with Gasteiger partial charge in [0.1, 0.15) is 0 Å². The van der Waals surface area contributed by atoms with Crippen molar-refractivity contribution < 1.29 is 0 Å². The first-order valence-electron chi connectivity index (χ1n) is 4.21. The van der Waals surface area contributed by atoms with Gasteiger partial charge in [-0.05, 0) is 41.9 Å². The molecule has 74 valence electrons. The van der Waals surface area contributed by atoms with Crippen molar-refractivity contribution in [1.29, 1.82) is 0 Å². The molecule has 4 heteroatoms. The van der Waals surface area contributed by atoms with Crippen LogP contribution in [-0.2, 0) is 6.54 Å². The van der Waals surface area contributed by atoms with E-state index in [4.69, 9.17) is 5.73 Å². The summed E-state index contributed by atoms with van der Waals surface area (Å²) in [6.07, 6.45) is 0. The molecule has 2 nitrogen and oxygen atoms in total. The molecule has 3 N–H and O–H groups in total. The average Bonchev–Trinajstić information content (AvgIpc) is 2.33. The largest absolute Gasteiger partial charge is 0.324 e. The summed E-state index contributed by atoms with van der Waals surface area (Å²) < 4.78 is 1.18. The SMILES string of the molecule is CC(C)(N)CNCc1ccc(Br)s1. The minimum atomic E-state index is -0.130. The normalized spacial score (nSPS) is 12.0. The maximum atomic E-state index is 5.84. The fourth-order valence-electron chi connectivity index (χ4n) is 0.955. The predicted molar refractivity (Wildman–Crippen MR) is 62.0 cm³/mol. The highest BCUT2D eigenvalue weighted by molar-refractivity contribution is 9.11. The molecule has 0 unspecified atom stereocenters. The van der Waals surface area contributed by atoms with E-state index >= 15 is 0 Å². The number of nitrogens with one attached hydrogen (secondary N) is 1. The van der Waals surface area contributed by atoms with E-state index in [0.29, 0.717) is 0 Å². The first-order valence-corrected chi connectivity index (χ1v) is 5.82. The van der Waals surface area contributed by atoms with E-state index in [9.17, 15) is 0 Å². The monoisotopic (exact) mass is 262 g/mol. The zero-order valence-electron chi connectivity index (χ0n) is 7.93. The van der Waals surface area contributed by atoms with E-state index in [-0.39, 0.29) is 5.54 Å². The van der Waals surface area contributed by atoms with Crippen molar-refractivity contribution in [2.24, 2.45) is 5.73 Å². The first kappa shape index (κ1) is 11.2. The Morgan fingerprint density at radius 3 is 2.69 bits per heavy atom. The third-order valence-electron chi connectivity index (χ3n) is 1.51. The van der Waals surface area contributed by atoms with Crippen molar-refractivity contribution in [3.05, 3.63) is 20.8 Å². The second-order valence-electron chi connectivity index (χ2n) is 3.80. The molecule has 1 aromatic heterocycles. The number of nitrogens with two attached hydrogens (primary N) is 1. The van der Waals surface area contributed by atoms with Crippen LogP contribution in [0.15, 0.2) is 15.9 Å². The van der Waals surface area contributed by atoms with Crippen LogP contribution in [0.4, 0.5) is 0 Å². The van der Waals surface area contributed by atoms with Gasteiger partial charge in [0.25, 0.3) is 0 Å². The van der Waals surface area contributed by atoms with Crippen molar-refractivity contribution >= 4 is 27.3 Å². The second kappa shape index (κ2) is 4.55. The van der Waals surface area contributed by atoms with Crippen LogP contribution in [0, 0.1) is 0 Å².